The summed E-state index contributed by atoms with van der Waals surface area (Å²) in [5, 5.41) is 16.2. The zero-order valence-electron chi connectivity index (χ0n) is 17.6. The fourth-order valence-corrected chi connectivity index (χ4v) is 3.30. The predicted octanol–water partition coefficient (Wildman–Crippen LogP) is 2.57. The van der Waals surface area contributed by atoms with Crippen LogP contribution in [0.2, 0.25) is 0 Å². The molecule has 0 bridgehead atoms. The van der Waals surface area contributed by atoms with Crippen LogP contribution in [-0.4, -0.2) is 44.7 Å². The topological polar surface area (TPSA) is 127 Å². The summed E-state index contributed by atoms with van der Waals surface area (Å²) in [6.07, 6.45) is 0. The summed E-state index contributed by atoms with van der Waals surface area (Å²) in [6.45, 7) is 2.93. The molecule has 0 aliphatic heterocycles. The second-order valence-electron chi connectivity index (χ2n) is 6.73. The number of amides is 2. The van der Waals surface area contributed by atoms with Gasteiger partial charge >= 0.3 is 5.97 Å². The van der Waals surface area contributed by atoms with Gasteiger partial charge in [0.05, 0.1) is 19.8 Å². The van der Waals surface area contributed by atoms with Crippen molar-refractivity contribution >= 4 is 34.1 Å². The van der Waals surface area contributed by atoms with Crippen LogP contribution in [0.3, 0.4) is 0 Å². The molecule has 0 saturated carbocycles. The van der Waals surface area contributed by atoms with Crippen molar-refractivity contribution < 1.29 is 28.6 Å². The van der Waals surface area contributed by atoms with E-state index in [1.165, 1.54) is 37.7 Å². The highest BCUT2D eigenvalue weighted by Crippen LogP contribution is 2.23. The molecule has 0 aliphatic rings. The molecule has 31 heavy (non-hydrogen) atoms. The van der Waals surface area contributed by atoms with E-state index in [2.05, 4.69) is 10.6 Å². The third-order valence-corrected chi connectivity index (χ3v) is 5.03. The van der Waals surface area contributed by atoms with Gasteiger partial charge in [-0.25, -0.2) is 4.79 Å². The molecular weight excluding hydrogens is 422 g/mol. The first-order chi connectivity index (χ1) is 14.8. The van der Waals surface area contributed by atoms with Gasteiger partial charge in [0.1, 0.15) is 28.6 Å². The molecule has 0 spiro atoms. The Morgan fingerprint density at radius 1 is 1.13 bits per heavy atom. The van der Waals surface area contributed by atoms with Gasteiger partial charge in [0.25, 0.3) is 11.8 Å². The van der Waals surface area contributed by atoms with Gasteiger partial charge < -0.3 is 24.8 Å². The molecule has 1 atom stereocenters. The number of esters is 1. The van der Waals surface area contributed by atoms with Gasteiger partial charge in [-0.1, -0.05) is 13.8 Å². The number of benzene rings is 1. The Labute approximate surface area is 183 Å². The van der Waals surface area contributed by atoms with Crippen molar-refractivity contribution in [1.29, 1.82) is 5.26 Å². The fraction of sp³-hybridized carbons (Fsp3) is 0.333. The molecule has 0 fully saturated rings. The van der Waals surface area contributed by atoms with Gasteiger partial charge in [-0.15, -0.1) is 11.3 Å². The Morgan fingerprint density at radius 2 is 1.77 bits per heavy atom. The van der Waals surface area contributed by atoms with E-state index in [4.69, 9.17) is 19.5 Å². The lowest BCUT2D eigenvalue weighted by molar-refractivity contribution is -0.150. The maximum atomic E-state index is 12.7. The van der Waals surface area contributed by atoms with Crippen molar-refractivity contribution in [2.75, 3.05) is 26.1 Å². The van der Waals surface area contributed by atoms with Crippen LogP contribution in [0, 0.1) is 17.2 Å². The normalized spacial score (nSPS) is 11.2. The minimum Gasteiger partial charge on any atom is -0.497 e. The average molecular weight is 445 g/mol. The van der Waals surface area contributed by atoms with Crippen LogP contribution in [0.1, 0.15) is 29.8 Å². The van der Waals surface area contributed by atoms with Crippen molar-refractivity contribution in [2.45, 2.75) is 19.9 Å². The highest BCUT2D eigenvalue weighted by Gasteiger charge is 2.27. The maximum Gasteiger partial charge on any atom is 0.329 e. The number of rotatable bonds is 9. The summed E-state index contributed by atoms with van der Waals surface area (Å²) in [6, 6.07) is 7.20. The Kier molecular flexibility index (Phi) is 8.40. The number of hydrogen-bond acceptors (Lipinski definition) is 8. The van der Waals surface area contributed by atoms with Crippen LogP contribution in [0.15, 0.2) is 29.6 Å². The lowest BCUT2D eigenvalue weighted by Crippen LogP contribution is -2.46. The van der Waals surface area contributed by atoms with Crippen molar-refractivity contribution in [1.82, 2.24) is 5.32 Å². The van der Waals surface area contributed by atoms with Gasteiger partial charge in [-0.2, -0.15) is 5.26 Å². The zero-order valence-corrected chi connectivity index (χ0v) is 18.4. The zero-order chi connectivity index (χ0) is 23.0. The van der Waals surface area contributed by atoms with Crippen molar-refractivity contribution in [3.05, 3.63) is 40.8 Å². The first-order valence-corrected chi connectivity index (χ1v) is 10.1. The molecule has 2 amide bonds. The van der Waals surface area contributed by atoms with E-state index in [1.807, 2.05) is 6.07 Å². The number of nitrogens with zero attached hydrogens (tertiary/aromatic N) is 1. The summed E-state index contributed by atoms with van der Waals surface area (Å²) in [5.41, 5.74) is 0.569. The SMILES string of the molecule is COc1cc(OC)cc(C(=O)N[C@@H](C(=O)OCC(=O)Nc2sccc2C#N)C(C)C)c1. The first kappa shape index (κ1) is 23.7. The van der Waals surface area contributed by atoms with E-state index in [-0.39, 0.29) is 11.5 Å². The van der Waals surface area contributed by atoms with Crippen LogP contribution in [-0.2, 0) is 14.3 Å². The number of carbonyl (C=O) groups is 3. The number of methoxy groups -OCH3 is 2. The molecule has 2 rings (SSSR count). The number of thiophene rings is 1. The van der Waals surface area contributed by atoms with Gasteiger partial charge in [0.2, 0.25) is 0 Å². The van der Waals surface area contributed by atoms with Crippen molar-refractivity contribution in [3.8, 4) is 17.6 Å². The Balaban J connectivity index is 2.01. The van der Waals surface area contributed by atoms with Crippen LogP contribution < -0.4 is 20.1 Å². The molecule has 1 aromatic heterocycles. The number of ether oxygens (including phenoxy) is 3. The van der Waals surface area contributed by atoms with Crippen LogP contribution in [0.5, 0.6) is 11.5 Å². The largest absolute Gasteiger partial charge is 0.497 e. The molecule has 0 aliphatic carbocycles. The lowest BCUT2D eigenvalue weighted by Gasteiger charge is -2.21. The van der Waals surface area contributed by atoms with Crippen LogP contribution >= 0.6 is 11.3 Å². The van der Waals surface area contributed by atoms with E-state index < -0.39 is 30.4 Å². The Morgan fingerprint density at radius 3 is 2.32 bits per heavy atom. The molecule has 1 aromatic carbocycles. The standard InChI is InChI=1S/C21H23N3O6S/c1-12(2)18(24-19(26)14-7-15(28-3)9-16(8-14)29-4)21(27)30-11-17(25)23-20-13(10-22)5-6-31-20/h5-9,12,18H,11H2,1-4H3,(H,23,25)(H,24,26)/t18-/m1/s1. The van der Waals surface area contributed by atoms with E-state index >= 15 is 0 Å². The van der Waals surface area contributed by atoms with E-state index in [0.717, 1.165) is 0 Å². The molecule has 164 valence electrons. The second-order valence-corrected chi connectivity index (χ2v) is 7.64. The fourth-order valence-electron chi connectivity index (χ4n) is 2.54. The minimum atomic E-state index is -0.978. The number of anilines is 1. The highest BCUT2D eigenvalue weighted by molar-refractivity contribution is 7.14. The lowest BCUT2D eigenvalue weighted by atomic mass is 10.0. The minimum absolute atomic E-state index is 0.245. The number of nitriles is 1. The summed E-state index contributed by atoms with van der Waals surface area (Å²) >= 11 is 1.19. The first-order valence-electron chi connectivity index (χ1n) is 9.27. The maximum absolute atomic E-state index is 12.7. The summed E-state index contributed by atoms with van der Waals surface area (Å²) < 4.78 is 15.4. The molecular formula is C21H23N3O6S. The van der Waals surface area contributed by atoms with Gasteiger partial charge in [-0.3, -0.25) is 9.59 Å². The van der Waals surface area contributed by atoms with Crippen molar-refractivity contribution in [3.63, 3.8) is 0 Å². The van der Waals surface area contributed by atoms with E-state index in [9.17, 15) is 14.4 Å². The van der Waals surface area contributed by atoms with Crippen LogP contribution in [0.4, 0.5) is 5.00 Å². The molecule has 1 heterocycles. The molecule has 2 aromatic rings. The predicted molar refractivity (Wildman–Crippen MR) is 114 cm³/mol. The summed E-state index contributed by atoms with van der Waals surface area (Å²) in [5.74, 6) is -1.30. The quantitative estimate of drug-likeness (QED) is 0.568. The number of hydrogen-bond donors (Lipinski definition) is 2. The molecule has 9 nitrogen and oxygen atoms in total. The monoisotopic (exact) mass is 445 g/mol. The summed E-state index contributed by atoms with van der Waals surface area (Å²) in [7, 11) is 2.93. The van der Waals surface area contributed by atoms with E-state index in [0.29, 0.717) is 22.1 Å². The Hall–Kier alpha value is -3.58. The highest BCUT2D eigenvalue weighted by atomic mass is 32.1. The average Bonchev–Trinajstić information content (AvgIpc) is 3.21. The number of carbonyl (C=O) groups excluding carboxylic acids is 3. The second kappa shape index (κ2) is 11.0. The molecule has 0 unspecified atom stereocenters. The Bertz CT molecular complexity index is 973. The third-order valence-electron chi connectivity index (χ3n) is 4.20. The van der Waals surface area contributed by atoms with Gasteiger partial charge in [0.15, 0.2) is 6.61 Å². The number of nitrogens with one attached hydrogen (secondary N) is 2. The van der Waals surface area contributed by atoms with Crippen molar-refractivity contribution in [2.24, 2.45) is 5.92 Å². The smallest absolute Gasteiger partial charge is 0.329 e. The molecule has 0 radical (unpaired) electrons. The summed E-state index contributed by atoms with van der Waals surface area (Å²) in [4.78, 5) is 37.2. The molecule has 2 N–H and O–H groups in total. The van der Waals surface area contributed by atoms with Crippen LogP contribution in [0.25, 0.3) is 0 Å². The van der Waals surface area contributed by atoms with Gasteiger partial charge in [-0.05, 0) is 29.5 Å². The molecule has 10 heteroatoms. The third kappa shape index (κ3) is 6.45. The van der Waals surface area contributed by atoms with E-state index in [1.54, 1.807) is 31.4 Å². The molecule has 0 saturated heterocycles. The van der Waals surface area contributed by atoms with Gasteiger partial charge in [0, 0.05) is 11.6 Å².